The Hall–Kier alpha value is -1.73. The van der Waals surface area contributed by atoms with Gasteiger partial charge in [0.25, 0.3) is 0 Å². The molecule has 0 amide bonds. The van der Waals surface area contributed by atoms with Crippen LogP contribution in [-0.2, 0) is 0 Å². The van der Waals surface area contributed by atoms with Crippen LogP contribution < -0.4 is 9.47 Å². The Morgan fingerprint density at radius 1 is 1.18 bits per heavy atom. The molecule has 0 aliphatic carbocycles. The van der Waals surface area contributed by atoms with E-state index in [-0.39, 0.29) is 6.04 Å². The largest absolute Gasteiger partial charge is 0.493 e. The first kappa shape index (κ1) is 13.3. The average Bonchev–Trinajstić information content (AvgIpc) is 2.31. The predicted molar refractivity (Wildman–Crippen MR) is 66.3 cm³/mol. The molecule has 1 rings (SSSR count). The topological polar surface area (TPSA) is 45.5 Å². The van der Waals surface area contributed by atoms with Crippen molar-refractivity contribution in [2.45, 2.75) is 13.0 Å². The minimum atomic E-state index is -0.283. The molecule has 92 valence electrons. The van der Waals surface area contributed by atoms with Gasteiger partial charge in [0, 0.05) is 0 Å². The van der Waals surface area contributed by atoms with Crippen LogP contribution in [0.4, 0.5) is 0 Å². The highest BCUT2D eigenvalue weighted by molar-refractivity contribution is 5.49. The van der Waals surface area contributed by atoms with Crippen LogP contribution in [0.5, 0.6) is 11.5 Å². The molecule has 0 heterocycles. The van der Waals surface area contributed by atoms with Gasteiger partial charge in [-0.05, 0) is 44.3 Å². The zero-order valence-electron chi connectivity index (χ0n) is 10.9. The van der Waals surface area contributed by atoms with Gasteiger partial charge in [-0.2, -0.15) is 5.26 Å². The maximum absolute atomic E-state index is 9.20. The third-order valence-corrected chi connectivity index (χ3v) is 2.71. The van der Waals surface area contributed by atoms with Crippen molar-refractivity contribution in [2.75, 3.05) is 28.3 Å². The van der Waals surface area contributed by atoms with E-state index in [2.05, 4.69) is 6.07 Å². The van der Waals surface area contributed by atoms with E-state index in [1.54, 1.807) is 14.2 Å². The Morgan fingerprint density at radius 2 is 1.71 bits per heavy atom. The van der Waals surface area contributed by atoms with Gasteiger partial charge in [0.05, 0.1) is 20.3 Å². The van der Waals surface area contributed by atoms with Crippen LogP contribution in [0.1, 0.15) is 17.2 Å². The lowest BCUT2D eigenvalue weighted by Crippen LogP contribution is -2.19. The molecule has 17 heavy (non-hydrogen) atoms. The van der Waals surface area contributed by atoms with Crippen LogP contribution in [0.25, 0.3) is 0 Å². The summed E-state index contributed by atoms with van der Waals surface area (Å²) < 4.78 is 10.5. The Balaban J connectivity index is 3.30. The van der Waals surface area contributed by atoms with E-state index in [4.69, 9.17) is 9.47 Å². The molecule has 1 atom stereocenters. The highest BCUT2D eigenvalue weighted by Crippen LogP contribution is 2.33. The lowest BCUT2D eigenvalue weighted by atomic mass is 10.0. The fourth-order valence-electron chi connectivity index (χ4n) is 1.75. The molecule has 4 heteroatoms. The molecule has 1 aromatic rings. The van der Waals surface area contributed by atoms with Gasteiger partial charge in [0.15, 0.2) is 11.5 Å². The molecule has 0 fully saturated rings. The van der Waals surface area contributed by atoms with E-state index in [1.165, 1.54) is 0 Å². The third kappa shape index (κ3) is 2.69. The Morgan fingerprint density at radius 3 is 2.12 bits per heavy atom. The maximum Gasteiger partial charge on any atom is 0.161 e. The molecule has 0 spiro atoms. The summed E-state index contributed by atoms with van der Waals surface area (Å²) in [6, 6.07) is 5.75. The van der Waals surface area contributed by atoms with Crippen LogP contribution in [0.2, 0.25) is 0 Å². The van der Waals surface area contributed by atoms with Gasteiger partial charge in [-0.3, -0.25) is 4.90 Å². The van der Waals surface area contributed by atoms with E-state index in [1.807, 2.05) is 38.1 Å². The van der Waals surface area contributed by atoms with Gasteiger partial charge in [-0.15, -0.1) is 0 Å². The molecule has 0 saturated carbocycles. The summed E-state index contributed by atoms with van der Waals surface area (Å²) in [6.07, 6.45) is 0. The van der Waals surface area contributed by atoms with Crippen molar-refractivity contribution in [2.24, 2.45) is 0 Å². The number of ether oxygens (including phenoxy) is 2. The van der Waals surface area contributed by atoms with E-state index >= 15 is 0 Å². The highest BCUT2D eigenvalue weighted by Gasteiger charge is 2.18. The van der Waals surface area contributed by atoms with Crippen LogP contribution in [0.3, 0.4) is 0 Å². The molecular formula is C13H18N2O2. The molecule has 0 aliphatic rings. The van der Waals surface area contributed by atoms with E-state index in [0.717, 1.165) is 11.1 Å². The highest BCUT2D eigenvalue weighted by atomic mass is 16.5. The number of rotatable bonds is 4. The van der Waals surface area contributed by atoms with Crippen molar-refractivity contribution in [1.82, 2.24) is 4.90 Å². The van der Waals surface area contributed by atoms with Crippen molar-refractivity contribution in [1.29, 1.82) is 5.26 Å². The second kappa shape index (κ2) is 5.55. The lowest BCUT2D eigenvalue weighted by Gasteiger charge is -2.21. The smallest absolute Gasteiger partial charge is 0.161 e. The number of aryl methyl sites for hydroxylation is 1. The first-order valence-corrected chi connectivity index (χ1v) is 5.33. The lowest BCUT2D eigenvalue weighted by molar-refractivity contribution is 0.343. The first-order valence-electron chi connectivity index (χ1n) is 5.33. The van der Waals surface area contributed by atoms with Crippen LogP contribution in [-0.4, -0.2) is 33.2 Å². The molecule has 0 saturated heterocycles. The second-order valence-electron chi connectivity index (χ2n) is 4.06. The molecule has 4 nitrogen and oxygen atoms in total. The second-order valence-corrected chi connectivity index (χ2v) is 4.06. The normalized spacial score (nSPS) is 12.1. The summed E-state index contributed by atoms with van der Waals surface area (Å²) in [5.74, 6) is 1.33. The summed E-state index contributed by atoms with van der Waals surface area (Å²) in [6.45, 7) is 1.96. The third-order valence-electron chi connectivity index (χ3n) is 2.71. The summed E-state index contributed by atoms with van der Waals surface area (Å²) in [4.78, 5) is 1.87. The zero-order chi connectivity index (χ0) is 13.0. The minimum absolute atomic E-state index is 0.283. The fraction of sp³-hybridized carbons (Fsp3) is 0.462. The summed E-state index contributed by atoms with van der Waals surface area (Å²) >= 11 is 0. The van der Waals surface area contributed by atoms with Crippen LogP contribution in [0, 0.1) is 18.3 Å². The molecule has 0 radical (unpaired) electrons. The van der Waals surface area contributed by atoms with Gasteiger partial charge >= 0.3 is 0 Å². The van der Waals surface area contributed by atoms with Gasteiger partial charge in [-0.1, -0.05) is 0 Å². The number of hydrogen-bond donors (Lipinski definition) is 0. The fourth-order valence-corrected chi connectivity index (χ4v) is 1.75. The van der Waals surface area contributed by atoms with Crippen molar-refractivity contribution in [3.05, 3.63) is 23.3 Å². The monoisotopic (exact) mass is 234 g/mol. The first-order chi connectivity index (χ1) is 8.04. The molecule has 0 aliphatic heterocycles. The predicted octanol–water partition coefficient (Wildman–Crippen LogP) is 2.14. The number of hydrogen-bond acceptors (Lipinski definition) is 4. The van der Waals surface area contributed by atoms with E-state index < -0.39 is 0 Å². The zero-order valence-corrected chi connectivity index (χ0v) is 10.9. The summed E-state index contributed by atoms with van der Waals surface area (Å²) in [5.41, 5.74) is 1.96. The van der Waals surface area contributed by atoms with Gasteiger partial charge in [-0.25, -0.2) is 0 Å². The molecule has 1 unspecified atom stereocenters. The van der Waals surface area contributed by atoms with Gasteiger partial charge in [0.2, 0.25) is 0 Å². The molecule has 0 aromatic heterocycles. The standard InChI is InChI=1S/C13H18N2O2/c1-9-6-12(16-4)13(17-5)7-10(9)11(8-14)15(2)3/h6-7,11H,1-5H3. The van der Waals surface area contributed by atoms with E-state index in [9.17, 15) is 5.26 Å². The number of benzene rings is 1. The van der Waals surface area contributed by atoms with Crippen molar-refractivity contribution in [3.63, 3.8) is 0 Å². The van der Waals surface area contributed by atoms with Gasteiger partial charge < -0.3 is 9.47 Å². The van der Waals surface area contributed by atoms with Crippen LogP contribution in [0.15, 0.2) is 12.1 Å². The number of methoxy groups -OCH3 is 2. The Bertz CT molecular complexity index is 436. The minimum Gasteiger partial charge on any atom is -0.493 e. The van der Waals surface area contributed by atoms with Gasteiger partial charge in [0.1, 0.15) is 6.04 Å². The summed E-state index contributed by atoms with van der Waals surface area (Å²) in [5, 5.41) is 9.20. The molecule has 0 bridgehead atoms. The molecule has 0 N–H and O–H groups in total. The Kier molecular flexibility index (Phi) is 4.36. The van der Waals surface area contributed by atoms with E-state index in [0.29, 0.717) is 11.5 Å². The van der Waals surface area contributed by atoms with Crippen LogP contribution >= 0.6 is 0 Å². The maximum atomic E-state index is 9.20. The molecular weight excluding hydrogens is 216 g/mol. The quantitative estimate of drug-likeness (QED) is 0.800. The summed E-state index contributed by atoms with van der Waals surface area (Å²) in [7, 11) is 6.95. The molecule has 1 aromatic carbocycles. The van der Waals surface area contributed by atoms with Crippen molar-refractivity contribution < 1.29 is 9.47 Å². The number of nitrogens with zero attached hydrogens (tertiary/aromatic N) is 2. The van der Waals surface area contributed by atoms with Crippen molar-refractivity contribution in [3.8, 4) is 17.6 Å². The SMILES string of the molecule is COc1cc(C)c(C(C#N)N(C)C)cc1OC. The number of nitriles is 1. The Labute approximate surface area is 102 Å². The average molecular weight is 234 g/mol. The van der Waals surface area contributed by atoms with Crippen molar-refractivity contribution >= 4 is 0 Å².